The van der Waals surface area contributed by atoms with Gasteiger partial charge in [0, 0.05) is 13.0 Å². The Labute approximate surface area is 123 Å². The molecule has 1 amide bonds. The fourth-order valence-corrected chi connectivity index (χ4v) is 1.60. The van der Waals surface area contributed by atoms with Crippen molar-refractivity contribution in [2.45, 2.75) is 19.8 Å². The van der Waals surface area contributed by atoms with Crippen molar-refractivity contribution in [2.75, 3.05) is 20.3 Å². The quantitative estimate of drug-likeness (QED) is 0.604. The lowest BCUT2D eigenvalue weighted by molar-refractivity contribution is -0.140. The van der Waals surface area contributed by atoms with Crippen molar-refractivity contribution in [2.24, 2.45) is 0 Å². The van der Waals surface area contributed by atoms with Crippen molar-refractivity contribution < 1.29 is 23.9 Å². The maximum absolute atomic E-state index is 11.7. The third kappa shape index (κ3) is 6.56. The van der Waals surface area contributed by atoms with Crippen molar-refractivity contribution in [3.05, 3.63) is 35.4 Å². The summed E-state index contributed by atoms with van der Waals surface area (Å²) < 4.78 is 9.38. The Hall–Kier alpha value is -2.37. The van der Waals surface area contributed by atoms with Gasteiger partial charge in [0.1, 0.15) is 0 Å². The van der Waals surface area contributed by atoms with Gasteiger partial charge in [-0.1, -0.05) is 17.7 Å². The molecule has 0 aromatic heterocycles. The number of benzene rings is 1. The number of ether oxygens (including phenoxy) is 2. The minimum Gasteiger partial charge on any atom is -0.469 e. The first kappa shape index (κ1) is 16.7. The molecule has 21 heavy (non-hydrogen) atoms. The summed E-state index contributed by atoms with van der Waals surface area (Å²) in [6.45, 7) is 1.85. The van der Waals surface area contributed by atoms with Gasteiger partial charge in [0.15, 0.2) is 6.61 Å². The maximum atomic E-state index is 11.7. The number of carbonyl (C=O) groups excluding carboxylic acids is 3. The fraction of sp³-hybridized carbons (Fsp3) is 0.400. The number of hydrogen-bond acceptors (Lipinski definition) is 5. The van der Waals surface area contributed by atoms with Crippen molar-refractivity contribution in [1.82, 2.24) is 5.32 Å². The summed E-state index contributed by atoms with van der Waals surface area (Å²) in [7, 11) is 1.31. The molecule has 0 saturated carbocycles. The zero-order valence-corrected chi connectivity index (χ0v) is 12.2. The van der Waals surface area contributed by atoms with Crippen molar-refractivity contribution in [3.63, 3.8) is 0 Å². The number of nitrogens with one attached hydrogen (secondary N) is 1. The molecule has 0 atom stereocenters. The number of hydrogen-bond donors (Lipinski definition) is 1. The number of rotatable bonds is 7. The normalized spacial score (nSPS) is 9.81. The number of carbonyl (C=O) groups is 3. The van der Waals surface area contributed by atoms with Gasteiger partial charge in [0.2, 0.25) is 0 Å². The summed E-state index contributed by atoms with van der Waals surface area (Å²) >= 11 is 0. The third-order valence-corrected chi connectivity index (χ3v) is 2.70. The first-order valence-corrected chi connectivity index (χ1v) is 6.60. The van der Waals surface area contributed by atoms with Gasteiger partial charge in [-0.15, -0.1) is 0 Å². The summed E-state index contributed by atoms with van der Waals surface area (Å²) in [5.41, 5.74) is 1.35. The molecule has 1 aromatic rings. The van der Waals surface area contributed by atoms with Crippen LogP contribution < -0.4 is 5.32 Å². The second-order valence-electron chi connectivity index (χ2n) is 4.48. The van der Waals surface area contributed by atoms with Gasteiger partial charge in [-0.2, -0.15) is 0 Å². The van der Waals surface area contributed by atoms with Crippen LogP contribution in [0, 0.1) is 6.92 Å². The third-order valence-electron chi connectivity index (χ3n) is 2.70. The van der Waals surface area contributed by atoms with E-state index in [1.165, 1.54) is 7.11 Å². The van der Waals surface area contributed by atoms with Gasteiger partial charge in [0.25, 0.3) is 5.91 Å². The minimum absolute atomic E-state index is 0.236. The van der Waals surface area contributed by atoms with Crippen LogP contribution in [0.25, 0.3) is 0 Å². The van der Waals surface area contributed by atoms with E-state index in [1.54, 1.807) is 18.2 Å². The predicted molar refractivity (Wildman–Crippen MR) is 75.7 cm³/mol. The van der Waals surface area contributed by atoms with Crippen LogP contribution in [0.4, 0.5) is 0 Å². The molecule has 6 nitrogen and oxygen atoms in total. The lowest BCUT2D eigenvalue weighted by atomic mass is 10.1. The number of aryl methyl sites for hydroxylation is 1. The van der Waals surface area contributed by atoms with Gasteiger partial charge in [0.05, 0.1) is 12.7 Å². The number of esters is 2. The van der Waals surface area contributed by atoms with Gasteiger partial charge in [-0.3, -0.25) is 9.59 Å². The summed E-state index contributed by atoms with van der Waals surface area (Å²) in [5.74, 6) is -1.26. The van der Waals surface area contributed by atoms with Crippen LogP contribution in [0.15, 0.2) is 24.3 Å². The van der Waals surface area contributed by atoms with E-state index in [0.717, 1.165) is 5.56 Å². The van der Waals surface area contributed by atoms with Crippen molar-refractivity contribution >= 4 is 17.8 Å². The van der Waals surface area contributed by atoms with Crippen LogP contribution in [0.3, 0.4) is 0 Å². The van der Waals surface area contributed by atoms with E-state index in [-0.39, 0.29) is 19.0 Å². The molecule has 0 spiro atoms. The van der Waals surface area contributed by atoms with Gasteiger partial charge < -0.3 is 14.8 Å². The van der Waals surface area contributed by atoms with Gasteiger partial charge in [-0.25, -0.2) is 4.79 Å². The van der Waals surface area contributed by atoms with E-state index >= 15 is 0 Å². The number of methoxy groups -OCH3 is 1. The van der Waals surface area contributed by atoms with E-state index in [1.807, 2.05) is 13.0 Å². The highest BCUT2D eigenvalue weighted by atomic mass is 16.5. The molecule has 0 aliphatic heterocycles. The maximum Gasteiger partial charge on any atom is 0.338 e. The monoisotopic (exact) mass is 293 g/mol. The molecule has 1 rings (SSSR count). The average Bonchev–Trinajstić information content (AvgIpc) is 2.48. The van der Waals surface area contributed by atoms with Crippen molar-refractivity contribution in [3.8, 4) is 0 Å². The Morgan fingerprint density at radius 3 is 2.67 bits per heavy atom. The molecular weight excluding hydrogens is 274 g/mol. The highest BCUT2D eigenvalue weighted by Crippen LogP contribution is 2.05. The highest BCUT2D eigenvalue weighted by Gasteiger charge is 2.10. The van der Waals surface area contributed by atoms with E-state index in [0.29, 0.717) is 18.5 Å². The van der Waals surface area contributed by atoms with E-state index in [4.69, 9.17) is 4.74 Å². The molecule has 0 saturated heterocycles. The van der Waals surface area contributed by atoms with E-state index in [9.17, 15) is 14.4 Å². The second kappa shape index (κ2) is 8.73. The van der Waals surface area contributed by atoms with Gasteiger partial charge in [-0.05, 0) is 25.5 Å². The molecular formula is C15H19NO5. The molecule has 0 aliphatic rings. The first-order valence-electron chi connectivity index (χ1n) is 6.60. The molecule has 114 valence electrons. The lowest BCUT2D eigenvalue weighted by Crippen LogP contribution is -2.29. The fourth-order valence-electron chi connectivity index (χ4n) is 1.60. The Morgan fingerprint density at radius 1 is 1.24 bits per heavy atom. The largest absolute Gasteiger partial charge is 0.469 e. The standard InChI is InChI=1S/C15H19NO5/c1-11-5-3-6-12(9-11)15(19)21-10-13(17)16-8-4-7-14(18)20-2/h3,5-6,9H,4,7-8,10H2,1-2H3,(H,16,17). The van der Waals surface area contributed by atoms with Gasteiger partial charge >= 0.3 is 11.9 Å². The lowest BCUT2D eigenvalue weighted by Gasteiger charge is -2.06. The first-order chi connectivity index (χ1) is 10.0. The Kier molecular flexibility index (Phi) is 6.94. The molecule has 6 heteroatoms. The molecule has 0 unspecified atom stereocenters. The topological polar surface area (TPSA) is 81.7 Å². The highest BCUT2D eigenvalue weighted by molar-refractivity contribution is 5.91. The molecule has 0 bridgehead atoms. The Bertz CT molecular complexity index is 513. The number of amides is 1. The summed E-state index contributed by atoms with van der Waals surface area (Å²) in [6, 6.07) is 6.93. The van der Waals surface area contributed by atoms with Crippen LogP contribution in [-0.2, 0) is 19.1 Å². The zero-order valence-electron chi connectivity index (χ0n) is 12.2. The Balaban J connectivity index is 2.24. The van der Waals surface area contributed by atoms with Crippen LogP contribution >= 0.6 is 0 Å². The zero-order chi connectivity index (χ0) is 15.7. The smallest absolute Gasteiger partial charge is 0.338 e. The van der Waals surface area contributed by atoms with E-state index in [2.05, 4.69) is 10.1 Å². The van der Waals surface area contributed by atoms with Crippen LogP contribution in [0.2, 0.25) is 0 Å². The summed E-state index contributed by atoms with van der Waals surface area (Å²) in [5, 5.41) is 2.56. The van der Waals surface area contributed by atoms with Crippen LogP contribution in [0.1, 0.15) is 28.8 Å². The van der Waals surface area contributed by atoms with Crippen LogP contribution in [0.5, 0.6) is 0 Å². The molecule has 1 N–H and O–H groups in total. The molecule has 0 fully saturated rings. The molecule has 0 radical (unpaired) electrons. The summed E-state index contributed by atoms with van der Waals surface area (Å²) in [6.07, 6.45) is 0.712. The predicted octanol–water partition coefficient (Wildman–Crippen LogP) is 1.22. The minimum atomic E-state index is -0.539. The molecule has 0 aliphatic carbocycles. The van der Waals surface area contributed by atoms with Crippen LogP contribution in [-0.4, -0.2) is 38.1 Å². The van der Waals surface area contributed by atoms with Crippen molar-refractivity contribution in [1.29, 1.82) is 0 Å². The molecule has 0 heterocycles. The SMILES string of the molecule is COC(=O)CCCNC(=O)COC(=O)c1cccc(C)c1. The average molecular weight is 293 g/mol. The molecule has 1 aromatic carbocycles. The summed E-state index contributed by atoms with van der Waals surface area (Å²) in [4.78, 5) is 34.0. The second-order valence-corrected chi connectivity index (χ2v) is 4.48. The van der Waals surface area contributed by atoms with E-state index < -0.39 is 11.9 Å². The Morgan fingerprint density at radius 2 is 2.00 bits per heavy atom.